The summed E-state index contributed by atoms with van der Waals surface area (Å²) in [5.74, 6) is 1.86. The third-order valence-corrected chi connectivity index (χ3v) is 5.58. The van der Waals surface area contributed by atoms with Gasteiger partial charge in [-0.3, -0.25) is 0 Å². The second-order valence-electron chi connectivity index (χ2n) is 7.03. The van der Waals surface area contributed by atoms with E-state index in [9.17, 15) is 0 Å². The molecule has 0 radical (unpaired) electrons. The van der Waals surface area contributed by atoms with E-state index < -0.39 is 0 Å². The van der Waals surface area contributed by atoms with Gasteiger partial charge in [-0.1, -0.05) is 43.3 Å². The van der Waals surface area contributed by atoms with Crippen molar-refractivity contribution < 1.29 is 0 Å². The second-order valence-corrected chi connectivity index (χ2v) is 8.07. The van der Waals surface area contributed by atoms with Crippen molar-refractivity contribution in [3.05, 3.63) is 70.4 Å². The number of nitrogens with one attached hydrogen (secondary N) is 2. The van der Waals surface area contributed by atoms with Gasteiger partial charge in [0.25, 0.3) is 0 Å². The van der Waals surface area contributed by atoms with Gasteiger partial charge in [-0.2, -0.15) is 0 Å². The minimum Gasteiger partial charge on any atom is -0.355 e. The number of aliphatic imine (C=N–C) groups is 1. The zero-order chi connectivity index (χ0) is 20.3. The lowest BCUT2D eigenvalue weighted by molar-refractivity contribution is 0.580. The molecule has 1 atom stereocenters. The molecule has 3 aromatic rings. The van der Waals surface area contributed by atoms with E-state index in [0.29, 0.717) is 12.6 Å². The molecular formula is C22H31IN6S. The zero-order valence-corrected chi connectivity index (χ0v) is 20.8. The Labute approximate surface area is 200 Å². The Morgan fingerprint density at radius 3 is 2.77 bits per heavy atom. The average Bonchev–Trinajstić information content (AvgIpc) is 3.43. The lowest BCUT2D eigenvalue weighted by atomic mass is 10.1. The van der Waals surface area contributed by atoms with Crippen molar-refractivity contribution in [3.8, 4) is 0 Å². The summed E-state index contributed by atoms with van der Waals surface area (Å²) < 4.78 is 2.09. The predicted octanol–water partition coefficient (Wildman–Crippen LogP) is 4.28. The Kier molecular flexibility index (Phi) is 10.9. The van der Waals surface area contributed by atoms with Crippen LogP contribution in [0.4, 0.5) is 0 Å². The summed E-state index contributed by atoms with van der Waals surface area (Å²) >= 11 is 1.73. The van der Waals surface area contributed by atoms with Crippen molar-refractivity contribution in [2.75, 3.05) is 6.54 Å². The smallest absolute Gasteiger partial charge is 0.191 e. The van der Waals surface area contributed by atoms with E-state index in [1.54, 1.807) is 17.7 Å². The maximum absolute atomic E-state index is 4.79. The fourth-order valence-electron chi connectivity index (χ4n) is 3.08. The number of guanidine groups is 1. The maximum atomic E-state index is 4.79. The summed E-state index contributed by atoms with van der Waals surface area (Å²) in [7, 11) is 0. The van der Waals surface area contributed by atoms with E-state index in [4.69, 9.17) is 4.99 Å². The van der Waals surface area contributed by atoms with Gasteiger partial charge in [0.1, 0.15) is 12.2 Å². The van der Waals surface area contributed by atoms with Crippen molar-refractivity contribution in [2.45, 2.75) is 52.2 Å². The van der Waals surface area contributed by atoms with Crippen LogP contribution in [0.1, 0.15) is 36.5 Å². The molecule has 0 spiro atoms. The largest absolute Gasteiger partial charge is 0.355 e. The van der Waals surface area contributed by atoms with E-state index >= 15 is 0 Å². The van der Waals surface area contributed by atoms with Gasteiger partial charge in [0.15, 0.2) is 5.96 Å². The first-order chi connectivity index (χ1) is 14.2. The van der Waals surface area contributed by atoms with Crippen LogP contribution in [0.15, 0.2) is 59.2 Å². The second kappa shape index (κ2) is 13.4. The van der Waals surface area contributed by atoms with E-state index in [-0.39, 0.29) is 24.0 Å². The SMILES string of the molecule is CCc1nncn1CCNC(=NCc1cccs1)NC(C)CCc1ccccc1.I. The van der Waals surface area contributed by atoms with E-state index in [2.05, 4.69) is 87.1 Å². The average molecular weight is 539 g/mol. The highest BCUT2D eigenvalue weighted by atomic mass is 127. The number of thiophene rings is 1. The first-order valence-electron chi connectivity index (χ1n) is 10.2. The molecule has 0 fully saturated rings. The molecule has 2 heterocycles. The molecule has 2 aromatic heterocycles. The van der Waals surface area contributed by atoms with Gasteiger partial charge in [-0.15, -0.1) is 45.5 Å². The molecule has 0 saturated carbocycles. The predicted molar refractivity (Wildman–Crippen MR) is 136 cm³/mol. The molecule has 0 aliphatic carbocycles. The van der Waals surface area contributed by atoms with E-state index in [0.717, 1.165) is 44.1 Å². The van der Waals surface area contributed by atoms with Gasteiger partial charge >= 0.3 is 0 Å². The topological polar surface area (TPSA) is 67.1 Å². The van der Waals surface area contributed by atoms with Gasteiger partial charge in [0.2, 0.25) is 0 Å². The number of hydrogen-bond donors (Lipinski definition) is 2. The number of aryl methyl sites for hydroxylation is 2. The van der Waals surface area contributed by atoms with Crippen LogP contribution < -0.4 is 10.6 Å². The molecule has 3 rings (SSSR count). The molecule has 1 unspecified atom stereocenters. The molecule has 0 aliphatic heterocycles. The zero-order valence-electron chi connectivity index (χ0n) is 17.6. The minimum absolute atomic E-state index is 0. The van der Waals surface area contributed by atoms with Crippen LogP contribution in [0.2, 0.25) is 0 Å². The van der Waals surface area contributed by atoms with Crippen LogP contribution in [-0.4, -0.2) is 33.3 Å². The maximum Gasteiger partial charge on any atom is 0.191 e. The fourth-order valence-corrected chi connectivity index (χ4v) is 3.71. The van der Waals surface area contributed by atoms with Gasteiger partial charge in [-0.05, 0) is 36.8 Å². The Balaban J connectivity index is 0.00000320. The highest BCUT2D eigenvalue weighted by Gasteiger charge is 2.07. The Hall–Kier alpha value is -1.94. The quantitative estimate of drug-likeness (QED) is 0.230. The summed E-state index contributed by atoms with van der Waals surface area (Å²) in [6, 6.07) is 15.1. The van der Waals surface area contributed by atoms with Crippen LogP contribution in [0.5, 0.6) is 0 Å². The van der Waals surface area contributed by atoms with Gasteiger partial charge in [-0.25, -0.2) is 4.99 Å². The van der Waals surface area contributed by atoms with Crippen molar-refractivity contribution in [2.24, 2.45) is 4.99 Å². The fraction of sp³-hybridized carbons (Fsp3) is 0.409. The van der Waals surface area contributed by atoms with Gasteiger partial charge in [0.05, 0.1) is 6.54 Å². The molecular weight excluding hydrogens is 507 g/mol. The molecule has 0 bridgehead atoms. The summed E-state index contributed by atoms with van der Waals surface area (Å²) in [5.41, 5.74) is 1.37. The summed E-state index contributed by atoms with van der Waals surface area (Å²) in [6.45, 7) is 6.57. The highest BCUT2D eigenvalue weighted by Crippen LogP contribution is 2.09. The first kappa shape index (κ1) is 24.3. The molecule has 0 amide bonds. The molecule has 2 N–H and O–H groups in total. The van der Waals surface area contributed by atoms with Gasteiger partial charge < -0.3 is 15.2 Å². The normalized spacial score (nSPS) is 12.3. The molecule has 162 valence electrons. The molecule has 0 saturated heterocycles. The Bertz CT molecular complexity index is 863. The highest BCUT2D eigenvalue weighted by molar-refractivity contribution is 14.0. The first-order valence-corrected chi connectivity index (χ1v) is 11.1. The van der Waals surface area contributed by atoms with Crippen LogP contribution in [-0.2, 0) is 25.9 Å². The monoisotopic (exact) mass is 538 g/mol. The lowest BCUT2D eigenvalue weighted by Gasteiger charge is -2.19. The number of hydrogen-bond acceptors (Lipinski definition) is 4. The van der Waals surface area contributed by atoms with Crippen molar-refractivity contribution >= 4 is 41.3 Å². The van der Waals surface area contributed by atoms with Crippen LogP contribution in [0.25, 0.3) is 0 Å². The number of rotatable bonds is 10. The Morgan fingerprint density at radius 1 is 1.20 bits per heavy atom. The molecule has 6 nitrogen and oxygen atoms in total. The standard InChI is InChI=1S/C22H30N6S.HI/c1-3-21-27-25-17-28(21)14-13-23-22(24-16-20-10-7-15-29-20)26-18(2)11-12-19-8-5-4-6-9-19;/h4-10,15,17-18H,3,11-14,16H2,1-2H3,(H2,23,24,26);1H. The molecule has 1 aromatic carbocycles. The molecule has 0 aliphatic rings. The van der Waals surface area contributed by atoms with Crippen LogP contribution in [0.3, 0.4) is 0 Å². The van der Waals surface area contributed by atoms with Crippen LogP contribution in [0, 0.1) is 0 Å². The van der Waals surface area contributed by atoms with Crippen molar-refractivity contribution in [1.29, 1.82) is 0 Å². The van der Waals surface area contributed by atoms with E-state index in [1.165, 1.54) is 10.4 Å². The number of halogens is 1. The minimum atomic E-state index is 0. The third kappa shape index (κ3) is 8.06. The van der Waals surface area contributed by atoms with E-state index in [1.807, 2.05) is 0 Å². The van der Waals surface area contributed by atoms with Crippen LogP contribution >= 0.6 is 35.3 Å². The summed E-state index contributed by atoms with van der Waals surface area (Å²) in [4.78, 5) is 6.05. The molecule has 30 heavy (non-hydrogen) atoms. The number of nitrogens with zero attached hydrogens (tertiary/aromatic N) is 4. The van der Waals surface area contributed by atoms with Gasteiger partial charge in [0, 0.05) is 30.4 Å². The molecule has 8 heteroatoms. The number of aromatic nitrogens is 3. The van der Waals surface area contributed by atoms with Crippen molar-refractivity contribution in [3.63, 3.8) is 0 Å². The lowest BCUT2D eigenvalue weighted by Crippen LogP contribution is -2.43. The van der Waals surface area contributed by atoms with Crippen molar-refractivity contribution in [1.82, 2.24) is 25.4 Å². The number of benzene rings is 1. The third-order valence-electron chi connectivity index (χ3n) is 4.72. The summed E-state index contributed by atoms with van der Waals surface area (Å²) in [6.07, 6.45) is 4.77. The summed E-state index contributed by atoms with van der Waals surface area (Å²) in [5, 5.41) is 17.3. The Morgan fingerprint density at radius 2 is 2.03 bits per heavy atom.